The van der Waals surface area contributed by atoms with Crippen molar-refractivity contribution >= 4 is 23.0 Å². The second-order valence-corrected chi connectivity index (χ2v) is 5.66. The van der Waals surface area contributed by atoms with Gasteiger partial charge in [0.1, 0.15) is 11.3 Å². The number of pyridine rings is 1. The quantitative estimate of drug-likeness (QED) is 0.800. The van der Waals surface area contributed by atoms with Crippen LogP contribution in [-0.2, 0) is 11.2 Å². The van der Waals surface area contributed by atoms with Crippen LogP contribution in [0.3, 0.4) is 0 Å². The number of imidazole rings is 1. The first kappa shape index (κ1) is 12.9. The molecule has 0 spiro atoms. The smallest absolute Gasteiger partial charge is 0.303 e. The fourth-order valence-electron chi connectivity index (χ4n) is 2.27. The third kappa shape index (κ3) is 2.32. The maximum absolute atomic E-state index is 10.9. The van der Waals surface area contributed by atoms with Crippen molar-refractivity contribution in [2.75, 3.05) is 0 Å². The number of carboxylic acid groups (broad SMARTS) is 1. The number of hydrogen-bond donors (Lipinski definition) is 1. The molecule has 0 fully saturated rings. The fraction of sp³-hybridized carbons (Fsp3) is 0.200. The van der Waals surface area contributed by atoms with Gasteiger partial charge in [0.2, 0.25) is 0 Å². The summed E-state index contributed by atoms with van der Waals surface area (Å²) < 4.78 is 2.01. The second kappa shape index (κ2) is 5.09. The number of aromatic nitrogens is 2. The molecule has 3 heterocycles. The van der Waals surface area contributed by atoms with E-state index in [0.29, 0.717) is 6.42 Å². The number of nitrogens with zero attached hydrogens (tertiary/aromatic N) is 2. The Morgan fingerprint density at radius 2 is 2.25 bits per heavy atom. The number of carboxylic acids is 1. The SMILES string of the molecule is Cc1ccc2nc(-c3cccs3)c(CCC(=O)O)n2c1. The number of rotatable bonds is 4. The van der Waals surface area contributed by atoms with E-state index in [0.717, 1.165) is 27.5 Å². The van der Waals surface area contributed by atoms with E-state index in [1.165, 1.54) is 0 Å². The van der Waals surface area contributed by atoms with Crippen LogP contribution in [0.15, 0.2) is 35.8 Å². The highest BCUT2D eigenvalue weighted by molar-refractivity contribution is 7.13. The summed E-state index contributed by atoms with van der Waals surface area (Å²) in [6, 6.07) is 7.98. The van der Waals surface area contributed by atoms with Crippen molar-refractivity contribution in [2.24, 2.45) is 0 Å². The van der Waals surface area contributed by atoms with Crippen LogP contribution < -0.4 is 0 Å². The van der Waals surface area contributed by atoms with E-state index >= 15 is 0 Å². The van der Waals surface area contributed by atoms with Gasteiger partial charge >= 0.3 is 5.97 Å². The van der Waals surface area contributed by atoms with Crippen molar-refractivity contribution in [1.82, 2.24) is 9.38 Å². The number of aryl methyl sites for hydroxylation is 2. The molecular formula is C15H14N2O2S. The van der Waals surface area contributed by atoms with E-state index in [9.17, 15) is 4.79 Å². The van der Waals surface area contributed by atoms with Crippen LogP contribution in [0, 0.1) is 6.92 Å². The molecule has 0 aliphatic rings. The summed E-state index contributed by atoms with van der Waals surface area (Å²) in [5.74, 6) is -0.787. The van der Waals surface area contributed by atoms with Crippen molar-refractivity contribution in [1.29, 1.82) is 0 Å². The lowest BCUT2D eigenvalue weighted by atomic mass is 10.2. The lowest BCUT2D eigenvalue weighted by molar-refractivity contribution is -0.136. The zero-order valence-corrected chi connectivity index (χ0v) is 11.9. The van der Waals surface area contributed by atoms with Crippen LogP contribution in [0.25, 0.3) is 16.2 Å². The molecule has 5 heteroatoms. The molecule has 0 bridgehead atoms. The number of fused-ring (bicyclic) bond motifs is 1. The predicted octanol–water partition coefficient (Wildman–Crippen LogP) is 3.39. The van der Waals surface area contributed by atoms with Crippen LogP contribution >= 0.6 is 11.3 Å². The van der Waals surface area contributed by atoms with E-state index in [2.05, 4.69) is 4.98 Å². The zero-order valence-electron chi connectivity index (χ0n) is 11.0. The van der Waals surface area contributed by atoms with Gasteiger partial charge in [0, 0.05) is 12.6 Å². The molecule has 0 aromatic carbocycles. The third-order valence-electron chi connectivity index (χ3n) is 3.20. The Hall–Kier alpha value is -2.14. The standard InChI is InChI=1S/C15H14N2O2S/c1-10-4-6-13-16-15(12-3-2-8-20-12)11(17(13)9-10)5-7-14(18)19/h2-4,6,8-9H,5,7H2,1H3,(H,18,19). The van der Waals surface area contributed by atoms with Gasteiger partial charge in [-0.1, -0.05) is 12.1 Å². The first-order valence-corrected chi connectivity index (χ1v) is 7.26. The van der Waals surface area contributed by atoms with Crippen LogP contribution in [0.1, 0.15) is 17.7 Å². The van der Waals surface area contributed by atoms with E-state index in [-0.39, 0.29) is 6.42 Å². The first-order chi connectivity index (χ1) is 9.65. The molecule has 0 amide bonds. The summed E-state index contributed by atoms with van der Waals surface area (Å²) in [6.45, 7) is 2.02. The molecule has 0 aliphatic heterocycles. The summed E-state index contributed by atoms with van der Waals surface area (Å²) in [5, 5.41) is 10.9. The number of carbonyl (C=O) groups is 1. The minimum absolute atomic E-state index is 0.111. The Morgan fingerprint density at radius 1 is 1.40 bits per heavy atom. The van der Waals surface area contributed by atoms with E-state index < -0.39 is 5.97 Å². The molecule has 0 aliphatic carbocycles. The molecule has 3 rings (SSSR count). The topological polar surface area (TPSA) is 54.6 Å². The average Bonchev–Trinajstić information content (AvgIpc) is 3.02. The van der Waals surface area contributed by atoms with Gasteiger partial charge in [-0.25, -0.2) is 4.98 Å². The Kier molecular flexibility index (Phi) is 3.28. The summed E-state index contributed by atoms with van der Waals surface area (Å²) in [6.07, 6.45) is 2.60. The monoisotopic (exact) mass is 286 g/mol. The number of aliphatic carboxylic acids is 1. The normalized spacial score (nSPS) is 11.1. The molecule has 1 N–H and O–H groups in total. The summed E-state index contributed by atoms with van der Waals surface area (Å²) in [4.78, 5) is 16.6. The Morgan fingerprint density at radius 3 is 2.95 bits per heavy atom. The number of thiophene rings is 1. The largest absolute Gasteiger partial charge is 0.481 e. The van der Waals surface area contributed by atoms with Crippen LogP contribution in [0.5, 0.6) is 0 Å². The molecule has 0 unspecified atom stereocenters. The second-order valence-electron chi connectivity index (χ2n) is 4.71. The minimum Gasteiger partial charge on any atom is -0.481 e. The molecule has 20 heavy (non-hydrogen) atoms. The van der Waals surface area contributed by atoms with Gasteiger partial charge in [-0.05, 0) is 30.0 Å². The van der Waals surface area contributed by atoms with Gasteiger partial charge in [-0.2, -0.15) is 0 Å². The van der Waals surface area contributed by atoms with E-state index in [1.807, 2.05) is 47.2 Å². The van der Waals surface area contributed by atoms with Gasteiger partial charge in [-0.3, -0.25) is 4.79 Å². The Balaban J connectivity index is 2.17. The van der Waals surface area contributed by atoms with Crippen molar-refractivity contribution in [2.45, 2.75) is 19.8 Å². The van der Waals surface area contributed by atoms with Crippen molar-refractivity contribution < 1.29 is 9.90 Å². The third-order valence-corrected chi connectivity index (χ3v) is 4.07. The molecule has 0 atom stereocenters. The lowest BCUT2D eigenvalue weighted by Gasteiger charge is -2.03. The van der Waals surface area contributed by atoms with Gasteiger partial charge in [0.05, 0.1) is 17.0 Å². The van der Waals surface area contributed by atoms with Crippen LogP contribution in [-0.4, -0.2) is 20.5 Å². The predicted molar refractivity (Wildman–Crippen MR) is 79.2 cm³/mol. The van der Waals surface area contributed by atoms with Crippen molar-refractivity contribution in [3.8, 4) is 10.6 Å². The Labute approximate surface area is 120 Å². The lowest BCUT2D eigenvalue weighted by Crippen LogP contribution is -2.01. The highest BCUT2D eigenvalue weighted by atomic mass is 32.1. The van der Waals surface area contributed by atoms with Crippen LogP contribution in [0.4, 0.5) is 0 Å². The summed E-state index contributed by atoms with van der Waals surface area (Å²) in [5.41, 5.74) is 3.85. The molecule has 4 nitrogen and oxygen atoms in total. The highest BCUT2D eigenvalue weighted by Crippen LogP contribution is 2.29. The van der Waals surface area contributed by atoms with Crippen molar-refractivity contribution in [3.05, 3.63) is 47.1 Å². The maximum Gasteiger partial charge on any atom is 0.303 e. The molecule has 3 aromatic heterocycles. The average molecular weight is 286 g/mol. The van der Waals surface area contributed by atoms with E-state index in [4.69, 9.17) is 5.11 Å². The maximum atomic E-state index is 10.9. The zero-order chi connectivity index (χ0) is 14.1. The molecule has 3 aromatic rings. The van der Waals surface area contributed by atoms with Gasteiger partial charge < -0.3 is 9.51 Å². The van der Waals surface area contributed by atoms with Crippen LogP contribution in [0.2, 0.25) is 0 Å². The molecule has 0 saturated carbocycles. The van der Waals surface area contributed by atoms with Gasteiger partial charge in [0.25, 0.3) is 0 Å². The number of hydrogen-bond acceptors (Lipinski definition) is 3. The van der Waals surface area contributed by atoms with Gasteiger partial charge in [0.15, 0.2) is 0 Å². The van der Waals surface area contributed by atoms with Crippen molar-refractivity contribution in [3.63, 3.8) is 0 Å². The molecule has 0 saturated heterocycles. The Bertz CT molecular complexity index is 760. The summed E-state index contributed by atoms with van der Waals surface area (Å²) >= 11 is 1.62. The van der Waals surface area contributed by atoms with E-state index in [1.54, 1.807) is 11.3 Å². The van der Waals surface area contributed by atoms with Gasteiger partial charge in [-0.15, -0.1) is 11.3 Å². The fourth-order valence-corrected chi connectivity index (χ4v) is 3.01. The highest BCUT2D eigenvalue weighted by Gasteiger charge is 2.15. The molecule has 0 radical (unpaired) electrons. The molecule has 102 valence electrons. The first-order valence-electron chi connectivity index (χ1n) is 6.38. The molecular weight excluding hydrogens is 272 g/mol. The minimum atomic E-state index is -0.787. The summed E-state index contributed by atoms with van der Waals surface area (Å²) in [7, 11) is 0.